The fourth-order valence-electron chi connectivity index (χ4n) is 3.68. The number of amides is 1. The number of aryl methyl sites for hydroxylation is 1. The predicted octanol–water partition coefficient (Wildman–Crippen LogP) is 5.27. The van der Waals surface area contributed by atoms with Gasteiger partial charge >= 0.3 is 6.18 Å². The van der Waals surface area contributed by atoms with Crippen molar-refractivity contribution in [3.63, 3.8) is 0 Å². The molecule has 0 saturated carbocycles. The first-order chi connectivity index (χ1) is 17.5. The molecule has 4 rings (SSSR count). The van der Waals surface area contributed by atoms with Crippen LogP contribution >= 0.6 is 0 Å². The summed E-state index contributed by atoms with van der Waals surface area (Å²) in [6.07, 6.45) is -2.14. The highest BCUT2D eigenvalue weighted by atomic mass is 19.4. The first-order valence-electron chi connectivity index (χ1n) is 11.2. The summed E-state index contributed by atoms with van der Waals surface area (Å²) < 4.78 is 61.7. The molecule has 0 fully saturated rings. The van der Waals surface area contributed by atoms with Crippen LogP contribution in [0.5, 0.6) is 5.75 Å². The predicted molar refractivity (Wildman–Crippen MR) is 129 cm³/mol. The number of carbonyl (C=O) groups excluding carboxylic acids is 1. The van der Waals surface area contributed by atoms with Crippen molar-refractivity contribution in [2.75, 3.05) is 11.9 Å². The Labute approximate surface area is 208 Å². The van der Waals surface area contributed by atoms with Gasteiger partial charge in [0, 0.05) is 23.6 Å². The molecule has 0 radical (unpaired) electrons. The van der Waals surface area contributed by atoms with Gasteiger partial charge in [0.05, 0.1) is 30.0 Å². The molecule has 1 amide bonds. The zero-order valence-corrected chi connectivity index (χ0v) is 19.8. The number of aromatic amines is 1. The van der Waals surface area contributed by atoms with Gasteiger partial charge in [-0.2, -0.15) is 18.3 Å². The van der Waals surface area contributed by atoms with Gasteiger partial charge in [0.25, 0.3) is 5.56 Å². The average molecular weight is 514 g/mol. The van der Waals surface area contributed by atoms with Crippen LogP contribution in [0.15, 0.2) is 65.7 Å². The first kappa shape index (κ1) is 25.7. The van der Waals surface area contributed by atoms with E-state index >= 15 is 0 Å². The van der Waals surface area contributed by atoms with Gasteiger partial charge in [-0.25, -0.2) is 9.07 Å². The summed E-state index contributed by atoms with van der Waals surface area (Å²) in [6.45, 7) is 3.70. The van der Waals surface area contributed by atoms with Gasteiger partial charge in [0.15, 0.2) is 5.75 Å². The van der Waals surface area contributed by atoms with Crippen LogP contribution in [-0.2, 0) is 17.4 Å². The molecule has 37 heavy (non-hydrogen) atoms. The fraction of sp³-hybridized carbons (Fsp3) is 0.192. The number of alkyl halides is 3. The van der Waals surface area contributed by atoms with E-state index in [0.717, 1.165) is 12.1 Å². The quantitative estimate of drug-likeness (QED) is 0.329. The van der Waals surface area contributed by atoms with Gasteiger partial charge in [0.1, 0.15) is 5.82 Å². The Morgan fingerprint density at radius 1 is 1.11 bits per heavy atom. The number of ether oxygens (including phenoxy) is 1. The second-order valence-corrected chi connectivity index (χ2v) is 8.21. The Morgan fingerprint density at radius 3 is 2.54 bits per heavy atom. The summed E-state index contributed by atoms with van der Waals surface area (Å²) in [4.78, 5) is 26.9. The summed E-state index contributed by atoms with van der Waals surface area (Å²) in [5.74, 6) is -1.29. The number of H-pyrrole nitrogens is 1. The van der Waals surface area contributed by atoms with E-state index in [9.17, 15) is 27.2 Å². The molecule has 0 atom stereocenters. The lowest BCUT2D eigenvalue weighted by Crippen LogP contribution is -2.17. The molecule has 0 unspecified atom stereocenters. The van der Waals surface area contributed by atoms with Crippen LogP contribution in [0.3, 0.4) is 0 Å². The number of halogens is 4. The maximum atomic E-state index is 14.8. The van der Waals surface area contributed by atoms with Crippen LogP contribution < -0.4 is 15.6 Å². The van der Waals surface area contributed by atoms with Crippen molar-refractivity contribution in [1.82, 2.24) is 14.8 Å². The van der Waals surface area contributed by atoms with E-state index < -0.39 is 35.4 Å². The van der Waals surface area contributed by atoms with E-state index in [2.05, 4.69) is 15.4 Å². The maximum Gasteiger partial charge on any atom is 0.416 e. The van der Waals surface area contributed by atoms with Gasteiger partial charge in [-0.1, -0.05) is 12.1 Å². The Bertz CT molecular complexity index is 1510. The molecule has 4 aromatic rings. The Kier molecular flexibility index (Phi) is 7.14. The lowest BCUT2D eigenvalue weighted by Gasteiger charge is -2.14. The molecular formula is C26H22F4N4O3. The molecule has 0 bridgehead atoms. The van der Waals surface area contributed by atoms with Crippen LogP contribution in [-0.4, -0.2) is 27.3 Å². The minimum absolute atomic E-state index is 0.0469. The van der Waals surface area contributed by atoms with E-state index in [-0.39, 0.29) is 29.3 Å². The van der Waals surface area contributed by atoms with Gasteiger partial charge in [-0.3, -0.25) is 9.59 Å². The molecule has 0 aliphatic carbocycles. The number of hydrogen-bond donors (Lipinski definition) is 2. The number of nitrogens with one attached hydrogen (secondary N) is 2. The minimum atomic E-state index is -4.65. The average Bonchev–Trinajstić information content (AvgIpc) is 3.27. The van der Waals surface area contributed by atoms with Crippen molar-refractivity contribution in [3.8, 4) is 22.6 Å². The summed E-state index contributed by atoms with van der Waals surface area (Å²) >= 11 is 0. The molecular weight excluding hydrogens is 492 g/mol. The summed E-state index contributed by atoms with van der Waals surface area (Å²) in [5, 5.41) is 6.54. The highest BCUT2D eigenvalue weighted by molar-refractivity contribution is 5.92. The number of nitrogens with zero attached hydrogens (tertiary/aromatic N) is 2. The number of aromatic nitrogens is 3. The second kappa shape index (κ2) is 10.3. The van der Waals surface area contributed by atoms with E-state index in [1.807, 2.05) is 0 Å². The highest BCUT2D eigenvalue weighted by Gasteiger charge is 2.31. The largest absolute Gasteiger partial charge is 0.488 e. The normalized spacial score (nSPS) is 11.4. The van der Waals surface area contributed by atoms with Gasteiger partial charge < -0.3 is 15.0 Å². The summed E-state index contributed by atoms with van der Waals surface area (Å²) in [5.41, 5.74) is 0.233. The number of anilines is 1. The van der Waals surface area contributed by atoms with Gasteiger partial charge in [0.2, 0.25) is 5.91 Å². The molecule has 0 saturated heterocycles. The SMILES string of the molecule is CCOc1cc(-c2ccc(CC(=O)Nc3cc(-n4ccc(C)n4)cc(C(F)(F)F)c3)c(F)c2)c[nH]c1=O. The van der Waals surface area contributed by atoms with Crippen molar-refractivity contribution in [2.24, 2.45) is 0 Å². The summed E-state index contributed by atoms with van der Waals surface area (Å²) in [7, 11) is 0. The van der Waals surface area contributed by atoms with E-state index in [1.165, 1.54) is 41.3 Å². The van der Waals surface area contributed by atoms with Crippen molar-refractivity contribution < 1.29 is 27.1 Å². The van der Waals surface area contributed by atoms with E-state index in [0.29, 0.717) is 16.8 Å². The van der Waals surface area contributed by atoms with Gasteiger partial charge in [-0.05, 0) is 61.4 Å². The number of hydrogen-bond acceptors (Lipinski definition) is 4. The molecule has 2 aromatic carbocycles. The highest BCUT2D eigenvalue weighted by Crippen LogP contribution is 2.33. The van der Waals surface area contributed by atoms with Crippen molar-refractivity contribution in [1.29, 1.82) is 0 Å². The van der Waals surface area contributed by atoms with Gasteiger partial charge in [-0.15, -0.1) is 0 Å². The third-order valence-electron chi connectivity index (χ3n) is 5.42. The molecule has 192 valence electrons. The van der Waals surface area contributed by atoms with Crippen molar-refractivity contribution in [3.05, 3.63) is 93.9 Å². The molecule has 11 heteroatoms. The smallest absolute Gasteiger partial charge is 0.416 e. The van der Waals surface area contributed by atoms with E-state index in [1.54, 1.807) is 26.0 Å². The lowest BCUT2D eigenvalue weighted by atomic mass is 10.0. The third-order valence-corrected chi connectivity index (χ3v) is 5.42. The molecule has 7 nitrogen and oxygen atoms in total. The van der Waals surface area contributed by atoms with Crippen LogP contribution in [0.2, 0.25) is 0 Å². The third kappa shape index (κ3) is 6.05. The van der Waals surface area contributed by atoms with E-state index in [4.69, 9.17) is 4.74 Å². The monoisotopic (exact) mass is 514 g/mol. The van der Waals surface area contributed by atoms with Crippen LogP contribution in [0.4, 0.5) is 23.2 Å². The minimum Gasteiger partial charge on any atom is -0.488 e. The first-order valence-corrected chi connectivity index (χ1v) is 11.2. The topological polar surface area (TPSA) is 89.0 Å². The number of benzene rings is 2. The Hall–Kier alpha value is -4.41. The zero-order valence-electron chi connectivity index (χ0n) is 19.8. The summed E-state index contributed by atoms with van der Waals surface area (Å²) in [6, 6.07) is 10.4. The number of rotatable bonds is 7. The molecule has 0 aliphatic rings. The standard InChI is InChI=1S/C26H22F4N4O3/c1-3-37-23-9-18(14-31-25(23)36)16-4-5-17(22(27)8-16)10-24(35)32-20-11-19(26(28,29)30)12-21(13-20)34-7-6-15(2)33-34/h4-9,11-14H,3,10H2,1-2H3,(H,31,36)(H,32,35). The molecule has 2 N–H and O–H groups in total. The van der Waals surface area contributed by atoms with Crippen molar-refractivity contribution in [2.45, 2.75) is 26.4 Å². The van der Waals surface area contributed by atoms with Crippen LogP contribution in [0, 0.1) is 12.7 Å². The number of carbonyl (C=O) groups is 1. The number of pyridine rings is 1. The maximum absolute atomic E-state index is 14.8. The zero-order chi connectivity index (χ0) is 26.7. The molecule has 0 spiro atoms. The molecule has 2 aromatic heterocycles. The second-order valence-electron chi connectivity index (χ2n) is 8.21. The van der Waals surface area contributed by atoms with Crippen LogP contribution in [0.25, 0.3) is 16.8 Å². The molecule has 0 aliphatic heterocycles. The molecule has 2 heterocycles. The van der Waals surface area contributed by atoms with Crippen LogP contribution in [0.1, 0.15) is 23.7 Å². The Morgan fingerprint density at radius 2 is 1.89 bits per heavy atom. The fourth-order valence-corrected chi connectivity index (χ4v) is 3.68. The Balaban J connectivity index is 1.55. The van der Waals surface area contributed by atoms with Crippen molar-refractivity contribution >= 4 is 11.6 Å². The lowest BCUT2D eigenvalue weighted by molar-refractivity contribution is -0.137.